The van der Waals surface area contributed by atoms with E-state index in [0.29, 0.717) is 29.3 Å². The Morgan fingerprint density at radius 3 is 1.61 bits per heavy atom. The van der Waals surface area contributed by atoms with Gasteiger partial charge in [0.1, 0.15) is 41.3 Å². The maximum atomic E-state index is 13.6. The molecule has 0 fully saturated rings. The van der Waals surface area contributed by atoms with Gasteiger partial charge >= 0.3 is 6.18 Å². The van der Waals surface area contributed by atoms with Gasteiger partial charge in [0.25, 0.3) is 0 Å². The maximum absolute atomic E-state index is 13.6. The van der Waals surface area contributed by atoms with E-state index in [9.17, 15) is 44.0 Å². The van der Waals surface area contributed by atoms with Gasteiger partial charge in [-0.25, -0.2) is 26.3 Å². The van der Waals surface area contributed by atoms with Crippen molar-refractivity contribution < 1.29 is 49.0 Å². The average Bonchev–Trinajstić information content (AvgIpc) is 2.83. The average molecular weight is 546 g/mol. The standard InChI is InChI=1S/C14H11F3.C13H5F7O/c1-9-2-4-10(5-3-9)11-6-13(16)12(8-15)14(17)7-11;14-9-5-7(21-20)1-2-8(9)6-3-10(15)12(11(16)4-6)13(17,18)19/h2-7H,8H2,1H3;1-5H. The third-order valence-corrected chi connectivity index (χ3v) is 5.33. The summed E-state index contributed by atoms with van der Waals surface area (Å²) in [4.78, 5) is 3.26. The number of alkyl halides is 4. The van der Waals surface area contributed by atoms with E-state index in [2.05, 4.69) is 4.94 Å². The van der Waals surface area contributed by atoms with E-state index >= 15 is 0 Å². The van der Waals surface area contributed by atoms with Crippen molar-refractivity contribution in [3.05, 3.63) is 113 Å². The molecule has 0 saturated heterocycles. The van der Waals surface area contributed by atoms with Gasteiger partial charge in [0.05, 0.1) is 5.56 Å². The molecule has 4 aromatic carbocycles. The van der Waals surface area contributed by atoms with E-state index in [1.807, 2.05) is 19.1 Å². The molecular weight excluding hydrogens is 530 g/mol. The summed E-state index contributed by atoms with van der Waals surface area (Å²) < 4.78 is 129. The van der Waals surface area contributed by atoms with E-state index in [1.165, 1.54) is 0 Å². The zero-order chi connectivity index (χ0) is 28.2. The van der Waals surface area contributed by atoms with Gasteiger partial charge < -0.3 is 0 Å². The molecule has 0 heterocycles. The van der Waals surface area contributed by atoms with Crippen LogP contribution in [0.5, 0.6) is 5.75 Å². The van der Waals surface area contributed by atoms with Crippen molar-refractivity contribution in [3.63, 3.8) is 0 Å². The lowest BCUT2D eigenvalue weighted by Crippen LogP contribution is -2.11. The molecule has 11 heteroatoms. The first-order chi connectivity index (χ1) is 17.8. The van der Waals surface area contributed by atoms with Gasteiger partial charge in [0.15, 0.2) is 5.75 Å². The summed E-state index contributed by atoms with van der Waals surface area (Å²) in [5.41, 5.74) is -1.24. The predicted octanol–water partition coefficient (Wildman–Crippen LogP) is 9.46. The molecule has 0 saturated carbocycles. The molecule has 0 aliphatic heterocycles. The van der Waals surface area contributed by atoms with Crippen molar-refractivity contribution in [2.75, 3.05) is 0 Å². The molecular formula is C27H16F10O. The Kier molecular flexibility index (Phi) is 8.70. The topological polar surface area (TPSA) is 9.23 Å². The molecule has 200 valence electrons. The molecule has 38 heavy (non-hydrogen) atoms. The van der Waals surface area contributed by atoms with Gasteiger partial charge in [-0.05, 0) is 60.0 Å². The molecule has 0 aromatic heterocycles. The van der Waals surface area contributed by atoms with Crippen molar-refractivity contribution in [2.45, 2.75) is 19.8 Å². The predicted molar refractivity (Wildman–Crippen MR) is 120 cm³/mol. The molecule has 0 spiro atoms. The van der Waals surface area contributed by atoms with Gasteiger partial charge in [-0.2, -0.15) is 13.2 Å². The number of hydrogen-bond donors (Lipinski definition) is 0. The smallest absolute Gasteiger partial charge is 0.294 e. The molecule has 0 N–H and O–H groups in total. The second-order valence-corrected chi connectivity index (χ2v) is 7.95. The van der Waals surface area contributed by atoms with Crippen molar-refractivity contribution in [1.29, 1.82) is 0 Å². The highest BCUT2D eigenvalue weighted by molar-refractivity contribution is 5.66. The van der Waals surface area contributed by atoms with E-state index in [1.54, 1.807) is 12.1 Å². The molecule has 1 nitrogen and oxygen atoms in total. The summed E-state index contributed by atoms with van der Waals surface area (Å²) in [6.45, 7) is 0.795. The van der Waals surface area contributed by atoms with Gasteiger partial charge in [-0.3, -0.25) is 4.94 Å². The van der Waals surface area contributed by atoms with Crippen molar-refractivity contribution in [3.8, 4) is 28.0 Å². The minimum Gasteiger partial charge on any atom is -0.294 e. The third kappa shape index (κ3) is 6.45. The van der Waals surface area contributed by atoms with E-state index in [4.69, 9.17) is 0 Å². The SMILES string of the molecule is Cc1ccc(-c2cc(F)c(CF)c(F)c2)cc1.FOc1ccc(-c2cc(F)c(C(F)(F)F)c(F)c2)c(F)c1. The lowest BCUT2D eigenvalue weighted by Gasteiger charge is -2.11. The fourth-order valence-electron chi connectivity index (χ4n) is 3.42. The minimum absolute atomic E-state index is 0.348. The highest BCUT2D eigenvalue weighted by atomic mass is 19.4. The Hall–Kier alpha value is -4.02. The monoisotopic (exact) mass is 546 g/mol. The summed E-state index contributed by atoms with van der Waals surface area (Å²) in [7, 11) is 0. The summed E-state index contributed by atoms with van der Waals surface area (Å²) in [5.74, 6) is -7.04. The van der Waals surface area contributed by atoms with Crippen LogP contribution in [0.2, 0.25) is 0 Å². The maximum Gasteiger partial charge on any atom is 0.422 e. The van der Waals surface area contributed by atoms with Crippen LogP contribution in [0.25, 0.3) is 22.3 Å². The fourth-order valence-corrected chi connectivity index (χ4v) is 3.42. The Bertz CT molecular complexity index is 1380. The van der Waals surface area contributed by atoms with Crippen LogP contribution >= 0.6 is 0 Å². The highest BCUT2D eigenvalue weighted by Crippen LogP contribution is 2.36. The normalized spacial score (nSPS) is 11.1. The van der Waals surface area contributed by atoms with Crippen LogP contribution in [0.1, 0.15) is 16.7 Å². The first-order valence-corrected chi connectivity index (χ1v) is 10.6. The molecule has 0 atom stereocenters. The van der Waals surface area contributed by atoms with Gasteiger partial charge in [0, 0.05) is 16.2 Å². The van der Waals surface area contributed by atoms with Crippen LogP contribution in [0, 0.1) is 36.0 Å². The van der Waals surface area contributed by atoms with Crippen molar-refractivity contribution >= 4 is 0 Å². The summed E-state index contributed by atoms with van der Waals surface area (Å²) in [5, 5.41) is 0. The van der Waals surface area contributed by atoms with Crippen molar-refractivity contribution in [2.24, 2.45) is 0 Å². The third-order valence-electron chi connectivity index (χ3n) is 5.33. The van der Waals surface area contributed by atoms with Gasteiger partial charge in [-0.1, -0.05) is 29.8 Å². The zero-order valence-electron chi connectivity index (χ0n) is 19.2. The number of aryl methyl sites for hydroxylation is 1. The second kappa shape index (κ2) is 11.6. The first kappa shape index (κ1) is 28.5. The van der Waals surface area contributed by atoms with Gasteiger partial charge in [0.2, 0.25) is 0 Å². The highest BCUT2D eigenvalue weighted by Gasteiger charge is 2.38. The Morgan fingerprint density at radius 1 is 0.632 bits per heavy atom. The first-order valence-electron chi connectivity index (χ1n) is 10.6. The second-order valence-electron chi connectivity index (χ2n) is 7.95. The van der Waals surface area contributed by atoms with E-state index < -0.39 is 69.9 Å². The summed E-state index contributed by atoms with van der Waals surface area (Å²) in [6.07, 6.45) is -5.21. The minimum atomic E-state index is -5.21. The number of benzene rings is 4. The Morgan fingerprint density at radius 2 is 1.16 bits per heavy atom. The molecule has 0 aliphatic rings. The Balaban J connectivity index is 0.000000215. The molecule has 0 aliphatic carbocycles. The van der Waals surface area contributed by atoms with Crippen LogP contribution in [-0.4, -0.2) is 0 Å². The summed E-state index contributed by atoms with van der Waals surface area (Å²) >= 11 is 0. The molecule has 0 radical (unpaired) electrons. The van der Waals surface area contributed by atoms with Crippen molar-refractivity contribution in [1.82, 2.24) is 0 Å². The molecule has 0 unspecified atom stereocenters. The molecule has 0 amide bonds. The van der Waals surface area contributed by atoms with Crippen LogP contribution in [0.3, 0.4) is 0 Å². The largest absolute Gasteiger partial charge is 0.422 e. The van der Waals surface area contributed by atoms with Crippen LogP contribution in [-0.2, 0) is 12.9 Å². The van der Waals surface area contributed by atoms with Gasteiger partial charge in [-0.15, -0.1) is 0 Å². The quantitative estimate of drug-likeness (QED) is 0.232. The Labute approximate surface area is 209 Å². The molecule has 0 bridgehead atoms. The lowest BCUT2D eigenvalue weighted by atomic mass is 10.0. The van der Waals surface area contributed by atoms with Crippen LogP contribution in [0.4, 0.5) is 44.0 Å². The molecule has 4 rings (SSSR count). The number of hydrogen-bond acceptors (Lipinski definition) is 1. The van der Waals surface area contributed by atoms with E-state index in [-0.39, 0.29) is 0 Å². The van der Waals surface area contributed by atoms with Crippen LogP contribution < -0.4 is 4.94 Å². The van der Waals surface area contributed by atoms with Crippen LogP contribution in [0.15, 0.2) is 66.7 Å². The fraction of sp³-hybridized carbons (Fsp3) is 0.111. The molecule has 4 aromatic rings. The lowest BCUT2D eigenvalue weighted by molar-refractivity contribution is -0.142. The summed E-state index contributed by atoms with van der Waals surface area (Å²) in [6, 6.07) is 12.7. The number of rotatable bonds is 4. The number of halogens is 10. The zero-order valence-corrected chi connectivity index (χ0v) is 19.2. The van der Waals surface area contributed by atoms with E-state index in [0.717, 1.165) is 29.8 Å².